The molecule has 0 atom stereocenters. The average Bonchev–Trinajstić information content (AvgIpc) is 2.59. The van der Waals surface area contributed by atoms with Crippen molar-refractivity contribution in [3.63, 3.8) is 0 Å². The highest BCUT2D eigenvalue weighted by Gasteiger charge is 2.24. The topological polar surface area (TPSA) is 61.4 Å². The fourth-order valence-electron chi connectivity index (χ4n) is 3.28. The van der Waals surface area contributed by atoms with Crippen LogP contribution in [0.15, 0.2) is 24.3 Å². The first kappa shape index (κ1) is 15.0. The summed E-state index contributed by atoms with van der Waals surface area (Å²) in [4.78, 5) is 26.4. The van der Waals surface area contributed by atoms with Crippen molar-refractivity contribution in [1.82, 2.24) is 10.6 Å². The van der Waals surface area contributed by atoms with Gasteiger partial charge in [0.05, 0.1) is 6.54 Å². The van der Waals surface area contributed by atoms with Crippen LogP contribution in [-0.4, -0.2) is 38.0 Å². The van der Waals surface area contributed by atoms with E-state index in [4.69, 9.17) is 0 Å². The quantitative estimate of drug-likeness (QED) is 0.878. The maximum Gasteiger partial charge on any atom is 0.246 e. The minimum Gasteiger partial charge on any atom is -0.347 e. The van der Waals surface area contributed by atoms with Crippen LogP contribution in [0.3, 0.4) is 0 Å². The van der Waals surface area contributed by atoms with Crippen LogP contribution in [0.2, 0.25) is 0 Å². The van der Waals surface area contributed by atoms with Gasteiger partial charge in [0.1, 0.15) is 0 Å². The molecule has 0 saturated carbocycles. The molecule has 1 saturated heterocycles. The first-order chi connectivity index (χ1) is 10.8. The van der Waals surface area contributed by atoms with Gasteiger partial charge in [0, 0.05) is 18.2 Å². The van der Waals surface area contributed by atoms with Crippen molar-refractivity contribution in [3.05, 3.63) is 29.8 Å². The zero-order chi connectivity index (χ0) is 15.4. The summed E-state index contributed by atoms with van der Waals surface area (Å²) in [6.45, 7) is 2.59. The Morgan fingerprint density at radius 2 is 2.00 bits per heavy atom. The molecule has 1 aromatic rings. The zero-order valence-electron chi connectivity index (χ0n) is 12.8. The normalized spacial score (nSPS) is 18.6. The number of nitrogens with one attached hydrogen (secondary N) is 2. The van der Waals surface area contributed by atoms with Crippen LogP contribution in [-0.2, 0) is 16.0 Å². The standard InChI is InChI=1S/C17H23N3O2/c21-16(12-19-17(22)14-7-9-18-10-8-14)20-11-3-5-13-4-1-2-6-15(13)20/h1-2,4,6,14,18H,3,5,7-12H2,(H,19,22). The Hall–Kier alpha value is -1.88. The molecule has 3 rings (SSSR count). The lowest BCUT2D eigenvalue weighted by Crippen LogP contribution is -2.45. The highest BCUT2D eigenvalue weighted by Crippen LogP contribution is 2.26. The van der Waals surface area contributed by atoms with Crippen molar-refractivity contribution in [2.75, 3.05) is 31.1 Å². The minimum atomic E-state index is -0.0190. The molecule has 2 amide bonds. The second-order valence-corrected chi connectivity index (χ2v) is 6.02. The van der Waals surface area contributed by atoms with Crippen LogP contribution in [0.4, 0.5) is 5.69 Å². The lowest BCUT2D eigenvalue weighted by atomic mass is 9.97. The molecule has 118 valence electrons. The number of fused-ring (bicyclic) bond motifs is 1. The molecule has 22 heavy (non-hydrogen) atoms. The van der Waals surface area contributed by atoms with Gasteiger partial charge in [-0.1, -0.05) is 18.2 Å². The summed E-state index contributed by atoms with van der Waals surface area (Å²) >= 11 is 0. The molecule has 0 spiro atoms. The third-order valence-electron chi connectivity index (χ3n) is 4.54. The summed E-state index contributed by atoms with van der Waals surface area (Å²) in [5.41, 5.74) is 2.21. The molecule has 2 N–H and O–H groups in total. The number of nitrogens with zero attached hydrogens (tertiary/aromatic N) is 1. The Kier molecular flexibility index (Phi) is 4.73. The van der Waals surface area contributed by atoms with E-state index in [1.807, 2.05) is 23.1 Å². The van der Waals surface area contributed by atoms with E-state index < -0.39 is 0 Å². The molecule has 1 aromatic carbocycles. The van der Waals surface area contributed by atoms with E-state index in [1.54, 1.807) is 0 Å². The van der Waals surface area contributed by atoms with Gasteiger partial charge in [0.2, 0.25) is 11.8 Å². The molecule has 1 fully saturated rings. The van der Waals surface area contributed by atoms with E-state index in [-0.39, 0.29) is 24.3 Å². The van der Waals surface area contributed by atoms with Gasteiger partial charge in [-0.2, -0.15) is 0 Å². The summed E-state index contributed by atoms with van der Waals surface area (Å²) in [6, 6.07) is 8.02. The number of carbonyl (C=O) groups excluding carboxylic acids is 2. The van der Waals surface area contributed by atoms with Gasteiger partial charge in [0.15, 0.2) is 0 Å². The first-order valence-corrected chi connectivity index (χ1v) is 8.12. The maximum absolute atomic E-state index is 12.4. The first-order valence-electron chi connectivity index (χ1n) is 8.12. The minimum absolute atomic E-state index is 0.0140. The number of hydrogen-bond donors (Lipinski definition) is 2. The Labute approximate surface area is 131 Å². The van der Waals surface area contributed by atoms with Gasteiger partial charge in [-0.15, -0.1) is 0 Å². The van der Waals surface area contributed by atoms with E-state index >= 15 is 0 Å². The molecular weight excluding hydrogens is 278 g/mol. The largest absolute Gasteiger partial charge is 0.347 e. The van der Waals surface area contributed by atoms with Crippen LogP contribution in [0.25, 0.3) is 0 Å². The second kappa shape index (κ2) is 6.92. The zero-order valence-corrected chi connectivity index (χ0v) is 12.8. The van der Waals surface area contributed by atoms with Gasteiger partial charge in [0.25, 0.3) is 0 Å². The monoisotopic (exact) mass is 301 g/mol. The van der Waals surface area contributed by atoms with Crippen LogP contribution in [0.1, 0.15) is 24.8 Å². The lowest BCUT2D eigenvalue weighted by molar-refractivity contribution is -0.128. The molecule has 0 aromatic heterocycles. The predicted molar refractivity (Wildman–Crippen MR) is 85.7 cm³/mol. The SMILES string of the molecule is O=C(NCC(=O)N1CCCc2ccccc21)C1CCNCC1. The second-order valence-electron chi connectivity index (χ2n) is 6.02. The summed E-state index contributed by atoms with van der Waals surface area (Å²) in [5, 5.41) is 6.06. The third-order valence-corrected chi connectivity index (χ3v) is 4.54. The van der Waals surface area contributed by atoms with Crippen molar-refractivity contribution in [2.45, 2.75) is 25.7 Å². The van der Waals surface area contributed by atoms with Crippen molar-refractivity contribution in [3.8, 4) is 0 Å². The molecule has 5 nitrogen and oxygen atoms in total. The Morgan fingerprint density at radius 3 is 2.82 bits per heavy atom. The van der Waals surface area contributed by atoms with Gasteiger partial charge in [-0.3, -0.25) is 9.59 Å². The Balaban J connectivity index is 1.57. The number of anilines is 1. The molecule has 0 radical (unpaired) electrons. The van der Waals surface area contributed by atoms with Crippen molar-refractivity contribution < 1.29 is 9.59 Å². The summed E-state index contributed by atoms with van der Waals surface area (Å²) in [6.07, 6.45) is 3.70. The van der Waals surface area contributed by atoms with Crippen molar-refractivity contribution in [2.24, 2.45) is 5.92 Å². The summed E-state index contributed by atoms with van der Waals surface area (Å²) < 4.78 is 0. The molecular formula is C17H23N3O2. The summed E-state index contributed by atoms with van der Waals surface area (Å²) in [5.74, 6) is 0.0391. The number of piperidine rings is 1. The predicted octanol–water partition coefficient (Wildman–Crippen LogP) is 1.08. The van der Waals surface area contributed by atoms with E-state index in [0.717, 1.165) is 51.0 Å². The van der Waals surface area contributed by atoms with Crippen LogP contribution >= 0.6 is 0 Å². The number of hydrogen-bond acceptors (Lipinski definition) is 3. The van der Waals surface area contributed by atoms with Gasteiger partial charge in [-0.05, 0) is 50.4 Å². The van der Waals surface area contributed by atoms with Gasteiger partial charge in [-0.25, -0.2) is 0 Å². The van der Waals surface area contributed by atoms with Crippen LogP contribution in [0, 0.1) is 5.92 Å². The van der Waals surface area contributed by atoms with E-state index in [1.165, 1.54) is 5.56 Å². The van der Waals surface area contributed by atoms with Crippen LogP contribution < -0.4 is 15.5 Å². The lowest BCUT2D eigenvalue weighted by Gasteiger charge is -2.30. The van der Waals surface area contributed by atoms with Gasteiger partial charge < -0.3 is 15.5 Å². The fraction of sp³-hybridized carbons (Fsp3) is 0.529. The smallest absolute Gasteiger partial charge is 0.246 e. The number of aryl methyl sites for hydroxylation is 1. The Bertz CT molecular complexity index is 553. The number of para-hydroxylation sites is 1. The molecule has 2 heterocycles. The number of rotatable bonds is 3. The van der Waals surface area contributed by atoms with Crippen molar-refractivity contribution >= 4 is 17.5 Å². The molecule has 0 unspecified atom stereocenters. The number of amides is 2. The molecule has 2 aliphatic rings. The molecule has 0 aliphatic carbocycles. The Morgan fingerprint density at radius 1 is 1.23 bits per heavy atom. The average molecular weight is 301 g/mol. The van der Waals surface area contributed by atoms with E-state index in [2.05, 4.69) is 16.7 Å². The number of benzene rings is 1. The fourth-order valence-corrected chi connectivity index (χ4v) is 3.28. The van der Waals surface area contributed by atoms with E-state index in [0.29, 0.717) is 0 Å². The number of carbonyl (C=O) groups is 2. The summed E-state index contributed by atoms with van der Waals surface area (Å²) in [7, 11) is 0. The van der Waals surface area contributed by atoms with Crippen LogP contribution in [0.5, 0.6) is 0 Å². The maximum atomic E-state index is 12.4. The molecule has 2 aliphatic heterocycles. The highest BCUT2D eigenvalue weighted by atomic mass is 16.2. The highest BCUT2D eigenvalue weighted by molar-refractivity contribution is 5.97. The van der Waals surface area contributed by atoms with Crippen molar-refractivity contribution in [1.29, 1.82) is 0 Å². The third kappa shape index (κ3) is 3.30. The molecule has 5 heteroatoms. The van der Waals surface area contributed by atoms with E-state index in [9.17, 15) is 9.59 Å². The van der Waals surface area contributed by atoms with Gasteiger partial charge >= 0.3 is 0 Å². The molecule has 0 bridgehead atoms.